The van der Waals surface area contributed by atoms with Gasteiger partial charge in [0.1, 0.15) is 0 Å². The lowest BCUT2D eigenvalue weighted by Gasteiger charge is -2.39. The van der Waals surface area contributed by atoms with Crippen molar-refractivity contribution in [2.24, 2.45) is 5.92 Å². The van der Waals surface area contributed by atoms with Crippen molar-refractivity contribution in [3.8, 4) is 0 Å². The number of carbonyl (C=O) groups excluding carboxylic acids is 1. The molecule has 1 aromatic carbocycles. The highest BCUT2D eigenvalue weighted by atomic mass is 16.2. The van der Waals surface area contributed by atoms with Crippen LogP contribution in [0.1, 0.15) is 33.3 Å². The Bertz CT molecular complexity index is 592. The van der Waals surface area contributed by atoms with E-state index in [2.05, 4.69) is 72.2 Å². The molecule has 1 aliphatic heterocycles. The van der Waals surface area contributed by atoms with E-state index >= 15 is 0 Å². The van der Waals surface area contributed by atoms with Gasteiger partial charge in [-0.3, -0.25) is 4.90 Å². The summed E-state index contributed by atoms with van der Waals surface area (Å²) in [7, 11) is 2.17. The van der Waals surface area contributed by atoms with Crippen LogP contribution in [0.4, 0.5) is 10.5 Å². The van der Waals surface area contributed by atoms with Gasteiger partial charge in [-0.25, -0.2) is 4.79 Å². The molecule has 6 nitrogen and oxygen atoms in total. The van der Waals surface area contributed by atoms with Crippen LogP contribution in [0.3, 0.4) is 0 Å². The summed E-state index contributed by atoms with van der Waals surface area (Å²) in [5.74, 6) is 0.504. The third-order valence-electron chi connectivity index (χ3n) is 6.07. The molecular formula is C23H41N5O. The molecule has 6 heteroatoms. The Labute approximate surface area is 177 Å². The van der Waals surface area contributed by atoms with E-state index in [1.807, 2.05) is 12.1 Å². The second kappa shape index (κ2) is 12.2. The van der Waals surface area contributed by atoms with Gasteiger partial charge in [0.2, 0.25) is 0 Å². The van der Waals surface area contributed by atoms with Crippen molar-refractivity contribution in [3.05, 3.63) is 29.8 Å². The average molecular weight is 404 g/mol. The summed E-state index contributed by atoms with van der Waals surface area (Å²) in [6.45, 7) is 17.1. The van der Waals surface area contributed by atoms with Crippen LogP contribution in [0.25, 0.3) is 0 Å². The third-order valence-corrected chi connectivity index (χ3v) is 6.07. The predicted octanol–water partition coefficient (Wildman–Crippen LogP) is 2.96. The molecular weight excluding hydrogens is 362 g/mol. The molecule has 0 radical (unpaired) electrons. The predicted molar refractivity (Wildman–Crippen MR) is 123 cm³/mol. The van der Waals surface area contributed by atoms with Crippen LogP contribution in [0.2, 0.25) is 0 Å². The van der Waals surface area contributed by atoms with Crippen LogP contribution in [0.15, 0.2) is 24.3 Å². The molecule has 1 saturated heterocycles. The fourth-order valence-corrected chi connectivity index (χ4v) is 3.89. The van der Waals surface area contributed by atoms with E-state index in [1.165, 1.54) is 5.56 Å². The first-order valence-electron chi connectivity index (χ1n) is 11.2. The Morgan fingerprint density at radius 1 is 1.07 bits per heavy atom. The Morgan fingerprint density at radius 2 is 1.69 bits per heavy atom. The van der Waals surface area contributed by atoms with Crippen molar-refractivity contribution in [1.82, 2.24) is 20.0 Å². The van der Waals surface area contributed by atoms with Gasteiger partial charge in [-0.1, -0.05) is 39.8 Å². The van der Waals surface area contributed by atoms with E-state index in [0.29, 0.717) is 18.5 Å². The van der Waals surface area contributed by atoms with Gasteiger partial charge in [0.15, 0.2) is 0 Å². The number of anilines is 1. The van der Waals surface area contributed by atoms with Gasteiger partial charge >= 0.3 is 6.03 Å². The van der Waals surface area contributed by atoms with Crippen LogP contribution in [0.5, 0.6) is 0 Å². The highest BCUT2D eigenvalue weighted by Crippen LogP contribution is 2.14. The number of nitrogens with one attached hydrogen (secondary N) is 2. The van der Waals surface area contributed by atoms with Gasteiger partial charge in [0.25, 0.3) is 0 Å². The summed E-state index contributed by atoms with van der Waals surface area (Å²) >= 11 is 0. The Morgan fingerprint density at radius 3 is 2.24 bits per heavy atom. The molecule has 1 aliphatic rings. The summed E-state index contributed by atoms with van der Waals surface area (Å²) in [6, 6.07) is 8.47. The van der Waals surface area contributed by atoms with E-state index in [4.69, 9.17) is 0 Å². The first-order valence-corrected chi connectivity index (χ1v) is 11.2. The smallest absolute Gasteiger partial charge is 0.319 e. The number of carbonyl (C=O) groups is 1. The number of hydrogen-bond acceptors (Lipinski definition) is 4. The normalized spacial score (nSPS) is 16.9. The van der Waals surface area contributed by atoms with Crippen molar-refractivity contribution < 1.29 is 4.79 Å². The maximum atomic E-state index is 12.4. The second-order valence-electron chi connectivity index (χ2n) is 8.46. The van der Waals surface area contributed by atoms with Crippen LogP contribution < -0.4 is 10.6 Å². The number of likely N-dealkylation sites (N-methyl/N-ethyl adjacent to an activating group) is 2. The fourth-order valence-electron chi connectivity index (χ4n) is 3.89. The molecule has 164 valence electrons. The quantitative estimate of drug-likeness (QED) is 0.631. The van der Waals surface area contributed by atoms with Crippen molar-refractivity contribution >= 4 is 11.7 Å². The maximum Gasteiger partial charge on any atom is 0.319 e. The first kappa shape index (κ1) is 23.6. The van der Waals surface area contributed by atoms with E-state index in [9.17, 15) is 4.79 Å². The second-order valence-corrected chi connectivity index (χ2v) is 8.46. The van der Waals surface area contributed by atoms with E-state index in [-0.39, 0.29) is 6.03 Å². The zero-order valence-corrected chi connectivity index (χ0v) is 19.1. The number of rotatable bonds is 10. The summed E-state index contributed by atoms with van der Waals surface area (Å²) in [4.78, 5) is 19.7. The summed E-state index contributed by atoms with van der Waals surface area (Å²) in [5, 5.41) is 6.05. The monoisotopic (exact) mass is 403 g/mol. The zero-order valence-electron chi connectivity index (χ0n) is 19.1. The minimum absolute atomic E-state index is 0.124. The summed E-state index contributed by atoms with van der Waals surface area (Å²) in [5.41, 5.74) is 2.15. The van der Waals surface area contributed by atoms with Gasteiger partial charge in [0.05, 0.1) is 0 Å². The highest BCUT2D eigenvalue weighted by molar-refractivity contribution is 5.89. The van der Waals surface area contributed by atoms with Crippen molar-refractivity contribution in [1.29, 1.82) is 0 Å². The molecule has 1 heterocycles. The molecule has 0 bridgehead atoms. The number of urea groups is 1. The molecule has 2 N–H and O–H groups in total. The lowest BCUT2D eigenvalue weighted by atomic mass is 10.0. The number of piperazine rings is 1. The fraction of sp³-hybridized carbons (Fsp3) is 0.696. The Hall–Kier alpha value is -1.63. The zero-order chi connectivity index (χ0) is 21.2. The van der Waals surface area contributed by atoms with Gasteiger partial charge in [-0.05, 0) is 50.2 Å². The van der Waals surface area contributed by atoms with Gasteiger partial charge in [-0.2, -0.15) is 0 Å². The third kappa shape index (κ3) is 7.96. The van der Waals surface area contributed by atoms with Gasteiger partial charge in [0, 0.05) is 51.0 Å². The van der Waals surface area contributed by atoms with Gasteiger partial charge in [-0.15, -0.1) is 0 Å². The molecule has 2 amide bonds. The summed E-state index contributed by atoms with van der Waals surface area (Å²) < 4.78 is 0. The van der Waals surface area contributed by atoms with Crippen LogP contribution in [-0.2, 0) is 6.42 Å². The van der Waals surface area contributed by atoms with Crippen molar-refractivity contribution in [2.45, 2.75) is 40.2 Å². The molecule has 1 atom stereocenters. The average Bonchev–Trinajstić information content (AvgIpc) is 2.71. The van der Waals surface area contributed by atoms with Crippen LogP contribution in [0, 0.1) is 5.92 Å². The number of hydrogen-bond donors (Lipinski definition) is 2. The SMILES string of the molecule is CCN(CC)CCc1ccc(NC(=O)NC[C@H](C(C)C)N2CCN(C)CC2)cc1. The molecule has 29 heavy (non-hydrogen) atoms. The lowest BCUT2D eigenvalue weighted by Crippen LogP contribution is -2.54. The molecule has 0 unspecified atom stereocenters. The lowest BCUT2D eigenvalue weighted by molar-refractivity contribution is 0.0890. The number of nitrogens with zero attached hydrogens (tertiary/aromatic N) is 3. The van der Waals surface area contributed by atoms with E-state index < -0.39 is 0 Å². The first-order chi connectivity index (χ1) is 13.9. The van der Waals surface area contributed by atoms with Crippen LogP contribution >= 0.6 is 0 Å². The van der Waals surface area contributed by atoms with Crippen molar-refractivity contribution in [2.75, 3.05) is 64.7 Å². The topological polar surface area (TPSA) is 50.9 Å². The largest absolute Gasteiger partial charge is 0.336 e. The molecule has 1 fully saturated rings. The number of benzene rings is 1. The maximum absolute atomic E-state index is 12.4. The molecule has 2 rings (SSSR count). The Kier molecular flexibility index (Phi) is 9.91. The molecule has 0 saturated carbocycles. The summed E-state index contributed by atoms with van der Waals surface area (Å²) in [6.07, 6.45) is 1.04. The van der Waals surface area contributed by atoms with Crippen molar-refractivity contribution in [3.63, 3.8) is 0 Å². The minimum atomic E-state index is -0.124. The minimum Gasteiger partial charge on any atom is -0.336 e. The van der Waals surface area contributed by atoms with Crippen LogP contribution in [-0.4, -0.2) is 86.2 Å². The molecule has 0 aliphatic carbocycles. The standard InChI is InChI=1S/C23H41N5O/c1-6-27(7-2)13-12-20-8-10-21(11-9-20)25-23(29)24-18-22(19(3)4)28-16-14-26(5)15-17-28/h8-11,19,22H,6-7,12-18H2,1-5H3,(H2,24,25,29)/t22-/m1/s1. The molecule has 1 aromatic rings. The van der Waals surface area contributed by atoms with E-state index in [1.54, 1.807) is 0 Å². The highest BCUT2D eigenvalue weighted by Gasteiger charge is 2.25. The van der Waals surface area contributed by atoms with Gasteiger partial charge < -0.3 is 20.4 Å². The molecule has 0 spiro atoms. The molecule has 0 aromatic heterocycles. The van der Waals surface area contributed by atoms with E-state index in [0.717, 1.165) is 57.9 Å². The number of amides is 2. The Balaban J connectivity index is 1.78.